The van der Waals surface area contributed by atoms with Crippen LogP contribution >= 0.6 is 0 Å². The van der Waals surface area contributed by atoms with Crippen LogP contribution in [0.2, 0.25) is 0 Å². The molecule has 1 heterocycles. The molecule has 0 aliphatic rings. The van der Waals surface area contributed by atoms with E-state index in [0.717, 1.165) is 0 Å². The summed E-state index contributed by atoms with van der Waals surface area (Å²) < 4.78 is 0. The van der Waals surface area contributed by atoms with E-state index < -0.39 is 5.97 Å². The summed E-state index contributed by atoms with van der Waals surface area (Å²) >= 11 is 0. The fraction of sp³-hybridized carbons (Fsp3) is 0.308. The molecule has 0 unspecified atom stereocenters. The third-order valence-corrected chi connectivity index (χ3v) is 2.73. The van der Waals surface area contributed by atoms with Crippen LogP contribution in [-0.4, -0.2) is 27.0 Å². The molecule has 0 bridgehead atoms. The fourth-order valence-electron chi connectivity index (χ4n) is 1.65. The Morgan fingerprint density at radius 1 is 1.42 bits per heavy atom. The molecule has 0 radical (unpaired) electrons. The largest absolute Gasteiger partial charge is 0.478 e. The number of aromatic nitrogens is 2. The van der Waals surface area contributed by atoms with Crippen molar-refractivity contribution in [1.82, 2.24) is 15.3 Å². The van der Waals surface area contributed by atoms with Crippen molar-refractivity contribution in [1.29, 1.82) is 0 Å². The highest BCUT2D eigenvalue weighted by Gasteiger charge is 2.10. The number of carboxylic acids is 1. The number of amides is 1. The van der Waals surface area contributed by atoms with Gasteiger partial charge >= 0.3 is 5.97 Å². The van der Waals surface area contributed by atoms with E-state index in [-0.39, 0.29) is 17.4 Å². The molecule has 3 N–H and O–H groups in total. The van der Waals surface area contributed by atoms with Crippen LogP contribution < -0.4 is 5.32 Å². The lowest BCUT2D eigenvalue weighted by Crippen LogP contribution is -2.27. The Labute approximate surface area is 109 Å². The molecule has 0 saturated carbocycles. The number of rotatable bonds is 4. The van der Waals surface area contributed by atoms with Gasteiger partial charge in [-0.3, -0.25) is 4.79 Å². The van der Waals surface area contributed by atoms with Gasteiger partial charge in [0.1, 0.15) is 5.82 Å². The van der Waals surface area contributed by atoms with Gasteiger partial charge in [-0.25, -0.2) is 9.78 Å². The lowest BCUT2D eigenvalue weighted by atomic mass is 10.2. The summed E-state index contributed by atoms with van der Waals surface area (Å²) in [5, 5.41) is 11.6. The van der Waals surface area contributed by atoms with Gasteiger partial charge in [0, 0.05) is 5.92 Å². The molecule has 100 valence electrons. The average molecular weight is 261 g/mol. The maximum absolute atomic E-state index is 11.4. The third kappa shape index (κ3) is 2.90. The smallest absolute Gasteiger partial charge is 0.335 e. The Hall–Kier alpha value is -2.37. The maximum Gasteiger partial charge on any atom is 0.335 e. The summed E-state index contributed by atoms with van der Waals surface area (Å²) in [5.74, 6) is -0.507. The first-order valence-electron chi connectivity index (χ1n) is 5.97. The van der Waals surface area contributed by atoms with Crippen LogP contribution in [0.3, 0.4) is 0 Å². The van der Waals surface area contributed by atoms with Crippen molar-refractivity contribution in [2.45, 2.75) is 20.4 Å². The highest BCUT2D eigenvalue weighted by atomic mass is 16.4. The van der Waals surface area contributed by atoms with Gasteiger partial charge in [0.15, 0.2) is 0 Å². The van der Waals surface area contributed by atoms with E-state index in [2.05, 4.69) is 15.3 Å². The number of fused-ring (bicyclic) bond motifs is 1. The molecule has 0 spiro atoms. The van der Waals surface area contributed by atoms with Crippen molar-refractivity contribution in [3.05, 3.63) is 29.6 Å². The second-order valence-electron chi connectivity index (χ2n) is 4.59. The van der Waals surface area contributed by atoms with Crippen molar-refractivity contribution >= 4 is 22.9 Å². The zero-order valence-electron chi connectivity index (χ0n) is 10.7. The van der Waals surface area contributed by atoms with Gasteiger partial charge in [-0.1, -0.05) is 13.8 Å². The van der Waals surface area contributed by atoms with Crippen molar-refractivity contribution < 1.29 is 14.7 Å². The van der Waals surface area contributed by atoms with Crippen LogP contribution in [0.4, 0.5) is 0 Å². The topological polar surface area (TPSA) is 95.1 Å². The summed E-state index contributed by atoms with van der Waals surface area (Å²) in [7, 11) is 0. The van der Waals surface area contributed by atoms with Gasteiger partial charge in [-0.2, -0.15) is 0 Å². The number of benzene rings is 1. The Morgan fingerprint density at radius 2 is 2.16 bits per heavy atom. The molecular weight excluding hydrogens is 246 g/mol. The molecule has 0 saturated heterocycles. The lowest BCUT2D eigenvalue weighted by molar-refractivity contribution is -0.124. The molecule has 1 aromatic carbocycles. The molecule has 2 aromatic rings. The molecule has 1 aromatic heterocycles. The second kappa shape index (κ2) is 5.09. The Kier molecular flexibility index (Phi) is 3.50. The van der Waals surface area contributed by atoms with E-state index >= 15 is 0 Å². The molecule has 2 rings (SSSR count). The highest BCUT2D eigenvalue weighted by Crippen LogP contribution is 2.14. The first-order chi connectivity index (χ1) is 8.97. The minimum Gasteiger partial charge on any atom is -0.478 e. The van der Waals surface area contributed by atoms with Gasteiger partial charge < -0.3 is 15.4 Å². The number of carboxylic acid groups (broad SMARTS) is 1. The normalized spacial score (nSPS) is 10.9. The zero-order valence-corrected chi connectivity index (χ0v) is 10.7. The SMILES string of the molecule is CC(C)C(=O)NCc1nc2ccc(C(=O)O)cc2[nH]1. The van der Waals surface area contributed by atoms with Crippen molar-refractivity contribution in [2.75, 3.05) is 0 Å². The summed E-state index contributed by atoms with van der Waals surface area (Å²) in [5.41, 5.74) is 1.53. The molecule has 0 fully saturated rings. The molecule has 19 heavy (non-hydrogen) atoms. The number of carbonyl (C=O) groups is 2. The molecule has 1 amide bonds. The predicted octanol–water partition coefficient (Wildman–Crippen LogP) is 1.53. The van der Waals surface area contributed by atoms with E-state index in [1.807, 2.05) is 13.8 Å². The molecule has 6 heteroatoms. The standard InChI is InChI=1S/C13H15N3O3/c1-7(2)12(17)14-6-11-15-9-4-3-8(13(18)19)5-10(9)16-11/h3-5,7H,6H2,1-2H3,(H,14,17)(H,15,16)(H,18,19). The summed E-state index contributed by atoms with van der Waals surface area (Å²) in [4.78, 5) is 29.6. The molecular formula is C13H15N3O3. The lowest BCUT2D eigenvalue weighted by Gasteiger charge is -2.04. The summed E-state index contributed by atoms with van der Waals surface area (Å²) in [6.45, 7) is 3.92. The number of nitrogens with zero attached hydrogens (tertiary/aromatic N) is 1. The van der Waals surface area contributed by atoms with Crippen LogP contribution in [0.25, 0.3) is 11.0 Å². The van der Waals surface area contributed by atoms with Gasteiger partial charge in [0.05, 0.1) is 23.1 Å². The van der Waals surface area contributed by atoms with E-state index in [9.17, 15) is 9.59 Å². The van der Waals surface area contributed by atoms with Crippen molar-refractivity contribution in [3.63, 3.8) is 0 Å². The number of imidazole rings is 1. The van der Waals surface area contributed by atoms with E-state index in [1.54, 1.807) is 6.07 Å². The fourth-order valence-corrected chi connectivity index (χ4v) is 1.65. The maximum atomic E-state index is 11.4. The molecule has 0 aliphatic heterocycles. The predicted molar refractivity (Wildman–Crippen MR) is 69.7 cm³/mol. The van der Waals surface area contributed by atoms with E-state index in [0.29, 0.717) is 23.4 Å². The van der Waals surface area contributed by atoms with Gasteiger partial charge in [0.25, 0.3) is 0 Å². The van der Waals surface area contributed by atoms with Gasteiger partial charge in [0.2, 0.25) is 5.91 Å². The first kappa shape index (κ1) is 13.1. The molecule has 0 aliphatic carbocycles. The van der Waals surface area contributed by atoms with E-state index in [4.69, 9.17) is 5.11 Å². The Bertz CT molecular complexity index is 631. The van der Waals surface area contributed by atoms with Crippen LogP contribution in [-0.2, 0) is 11.3 Å². The van der Waals surface area contributed by atoms with Crippen LogP contribution in [0.1, 0.15) is 30.0 Å². The third-order valence-electron chi connectivity index (χ3n) is 2.73. The quantitative estimate of drug-likeness (QED) is 0.777. The van der Waals surface area contributed by atoms with Crippen molar-refractivity contribution in [2.24, 2.45) is 5.92 Å². The summed E-state index contributed by atoms with van der Waals surface area (Å²) in [6.07, 6.45) is 0. The monoisotopic (exact) mass is 261 g/mol. The van der Waals surface area contributed by atoms with Crippen molar-refractivity contribution in [3.8, 4) is 0 Å². The van der Waals surface area contributed by atoms with Gasteiger partial charge in [-0.15, -0.1) is 0 Å². The average Bonchev–Trinajstić information content (AvgIpc) is 2.77. The number of hydrogen-bond acceptors (Lipinski definition) is 3. The number of nitrogens with one attached hydrogen (secondary N) is 2. The highest BCUT2D eigenvalue weighted by molar-refractivity contribution is 5.92. The minimum absolute atomic E-state index is 0.0494. The number of hydrogen-bond donors (Lipinski definition) is 3. The zero-order chi connectivity index (χ0) is 14.0. The molecule has 0 atom stereocenters. The van der Waals surface area contributed by atoms with E-state index in [1.165, 1.54) is 12.1 Å². The number of aromatic carboxylic acids is 1. The van der Waals surface area contributed by atoms with Crippen LogP contribution in [0.15, 0.2) is 18.2 Å². The van der Waals surface area contributed by atoms with Gasteiger partial charge in [-0.05, 0) is 18.2 Å². The summed E-state index contributed by atoms with van der Waals surface area (Å²) in [6, 6.07) is 4.67. The first-order valence-corrected chi connectivity index (χ1v) is 5.97. The van der Waals surface area contributed by atoms with Crippen LogP contribution in [0, 0.1) is 5.92 Å². The number of aromatic amines is 1. The van der Waals surface area contributed by atoms with Crippen LogP contribution in [0.5, 0.6) is 0 Å². The Balaban J connectivity index is 2.17. The number of H-pyrrole nitrogens is 1. The molecule has 6 nitrogen and oxygen atoms in total. The minimum atomic E-state index is -0.980. The number of carbonyl (C=O) groups excluding carboxylic acids is 1. The Morgan fingerprint density at radius 3 is 2.79 bits per heavy atom. The second-order valence-corrected chi connectivity index (χ2v) is 4.59.